The smallest absolute Gasteiger partial charge is 0.325 e. The molecule has 96 valence electrons. The number of hydrogen-bond donors (Lipinski definition) is 1. The minimum absolute atomic E-state index is 0.0332. The maximum absolute atomic E-state index is 11.0. The van der Waals surface area contributed by atoms with Crippen LogP contribution in [0.5, 0.6) is 0 Å². The van der Waals surface area contributed by atoms with Crippen molar-refractivity contribution in [2.24, 2.45) is 0 Å². The van der Waals surface area contributed by atoms with Gasteiger partial charge >= 0.3 is 5.97 Å². The first-order chi connectivity index (χ1) is 8.67. The first kappa shape index (κ1) is 13.9. The van der Waals surface area contributed by atoms with Crippen molar-refractivity contribution in [2.75, 3.05) is 19.0 Å². The lowest BCUT2D eigenvalue weighted by Crippen LogP contribution is -2.18. The van der Waals surface area contributed by atoms with E-state index in [4.69, 9.17) is 0 Å². The van der Waals surface area contributed by atoms with Crippen molar-refractivity contribution >= 4 is 11.8 Å². The van der Waals surface area contributed by atoms with Gasteiger partial charge in [0.15, 0.2) is 5.82 Å². The number of esters is 1. The number of carbonyl (C=O) groups excluding carboxylic acids is 1. The summed E-state index contributed by atoms with van der Waals surface area (Å²) in [5.41, 5.74) is 2.15. The van der Waals surface area contributed by atoms with Crippen molar-refractivity contribution in [3.05, 3.63) is 16.8 Å². The Morgan fingerprint density at radius 2 is 2.11 bits per heavy atom. The number of nitrogens with zero attached hydrogens (tertiary/aromatic N) is 3. The molecule has 1 aromatic rings. The highest BCUT2D eigenvalue weighted by Crippen LogP contribution is 2.19. The van der Waals surface area contributed by atoms with Crippen molar-refractivity contribution < 1.29 is 9.53 Å². The molecule has 6 nitrogen and oxygen atoms in total. The van der Waals surface area contributed by atoms with Crippen LogP contribution in [0.4, 0.5) is 5.82 Å². The molecule has 0 spiro atoms. The minimum atomic E-state index is -0.418. The van der Waals surface area contributed by atoms with Gasteiger partial charge in [0, 0.05) is 0 Å². The molecule has 1 heterocycles. The molecule has 0 aliphatic heterocycles. The second kappa shape index (κ2) is 6.55. The predicted molar refractivity (Wildman–Crippen MR) is 66.0 cm³/mol. The third-order valence-electron chi connectivity index (χ3n) is 2.59. The Morgan fingerprint density at radius 1 is 1.39 bits per heavy atom. The summed E-state index contributed by atoms with van der Waals surface area (Å²) in [6.07, 6.45) is 1.43. The van der Waals surface area contributed by atoms with E-state index >= 15 is 0 Å². The molecule has 1 N–H and O–H groups in total. The monoisotopic (exact) mass is 248 g/mol. The summed E-state index contributed by atoms with van der Waals surface area (Å²) >= 11 is 0. The van der Waals surface area contributed by atoms with Crippen LogP contribution in [0, 0.1) is 11.3 Å². The Morgan fingerprint density at radius 3 is 2.61 bits per heavy atom. The maximum atomic E-state index is 11.0. The predicted octanol–water partition coefficient (Wildman–Crippen LogP) is 1.06. The number of aryl methyl sites for hydroxylation is 1. The maximum Gasteiger partial charge on any atom is 0.325 e. The molecule has 0 saturated heterocycles. The van der Waals surface area contributed by atoms with Gasteiger partial charge in [-0.3, -0.25) is 4.79 Å². The Labute approximate surface area is 106 Å². The van der Waals surface area contributed by atoms with Crippen molar-refractivity contribution in [3.63, 3.8) is 0 Å². The zero-order valence-electron chi connectivity index (χ0n) is 10.8. The average molecular weight is 248 g/mol. The fourth-order valence-corrected chi connectivity index (χ4v) is 1.65. The number of nitrogens with one attached hydrogen (secondary N) is 1. The number of anilines is 1. The van der Waals surface area contributed by atoms with Gasteiger partial charge in [0.05, 0.1) is 12.8 Å². The number of ether oxygens (including phenoxy) is 1. The summed E-state index contributed by atoms with van der Waals surface area (Å²) in [4.78, 5) is 11.0. The number of nitriles is 1. The largest absolute Gasteiger partial charge is 0.468 e. The number of aromatic nitrogens is 2. The van der Waals surface area contributed by atoms with E-state index in [1.165, 1.54) is 7.11 Å². The van der Waals surface area contributed by atoms with E-state index < -0.39 is 5.97 Å². The van der Waals surface area contributed by atoms with Crippen molar-refractivity contribution in [1.29, 1.82) is 5.26 Å². The van der Waals surface area contributed by atoms with Crippen LogP contribution < -0.4 is 5.32 Å². The van der Waals surface area contributed by atoms with E-state index in [0.717, 1.165) is 17.7 Å². The third-order valence-corrected chi connectivity index (χ3v) is 2.59. The molecule has 6 heteroatoms. The first-order valence-electron chi connectivity index (χ1n) is 5.77. The fraction of sp³-hybridized carbons (Fsp3) is 0.500. The molecule has 0 unspecified atom stereocenters. The second-order valence-electron chi connectivity index (χ2n) is 3.60. The summed E-state index contributed by atoms with van der Waals surface area (Å²) in [5, 5.41) is 20.0. The number of rotatable bonds is 5. The Hall–Kier alpha value is -2.16. The summed E-state index contributed by atoms with van der Waals surface area (Å²) in [6, 6.07) is 2.11. The summed E-state index contributed by atoms with van der Waals surface area (Å²) in [5.74, 6) is -0.0877. The number of methoxy groups -OCH3 is 1. The molecular formula is C12H16N4O2. The van der Waals surface area contributed by atoms with Gasteiger partial charge in [0.1, 0.15) is 18.2 Å². The fourth-order valence-electron chi connectivity index (χ4n) is 1.65. The summed E-state index contributed by atoms with van der Waals surface area (Å²) < 4.78 is 4.51. The molecule has 0 aliphatic rings. The van der Waals surface area contributed by atoms with Crippen LogP contribution in [-0.2, 0) is 22.4 Å². The highest BCUT2D eigenvalue weighted by atomic mass is 16.5. The number of carbonyl (C=O) groups is 1. The van der Waals surface area contributed by atoms with E-state index in [9.17, 15) is 10.1 Å². The van der Waals surface area contributed by atoms with Crippen molar-refractivity contribution in [3.8, 4) is 6.07 Å². The van der Waals surface area contributed by atoms with Gasteiger partial charge < -0.3 is 10.1 Å². The van der Waals surface area contributed by atoms with E-state index in [2.05, 4.69) is 26.3 Å². The lowest BCUT2D eigenvalue weighted by atomic mass is 10.0. The van der Waals surface area contributed by atoms with E-state index in [1.807, 2.05) is 13.8 Å². The molecule has 0 fully saturated rings. The SMILES string of the molecule is CCc1nnc(NCC(=O)OC)c(C#N)c1CC. The van der Waals surface area contributed by atoms with Crippen molar-refractivity contribution in [1.82, 2.24) is 10.2 Å². The summed E-state index contributed by atoms with van der Waals surface area (Å²) in [6.45, 7) is 3.89. The zero-order valence-corrected chi connectivity index (χ0v) is 10.8. The van der Waals surface area contributed by atoms with E-state index in [0.29, 0.717) is 17.8 Å². The number of hydrogen-bond acceptors (Lipinski definition) is 6. The second-order valence-corrected chi connectivity index (χ2v) is 3.60. The van der Waals surface area contributed by atoms with Crippen LogP contribution in [-0.4, -0.2) is 29.8 Å². The van der Waals surface area contributed by atoms with Gasteiger partial charge in [-0.25, -0.2) is 0 Å². The topological polar surface area (TPSA) is 87.9 Å². The molecule has 0 saturated carbocycles. The van der Waals surface area contributed by atoms with Gasteiger partial charge in [-0.1, -0.05) is 13.8 Å². The average Bonchev–Trinajstić information content (AvgIpc) is 2.43. The highest BCUT2D eigenvalue weighted by Gasteiger charge is 2.14. The van der Waals surface area contributed by atoms with Crippen LogP contribution in [0.15, 0.2) is 0 Å². The standard InChI is InChI=1S/C12H16N4O2/c1-4-8-9(6-13)12(14-7-11(17)18-3)16-15-10(8)5-2/h4-5,7H2,1-3H3,(H,14,16). The van der Waals surface area contributed by atoms with Gasteiger partial charge in [0.2, 0.25) is 0 Å². The molecule has 0 radical (unpaired) electrons. The van der Waals surface area contributed by atoms with E-state index in [-0.39, 0.29) is 6.54 Å². The molecule has 0 amide bonds. The normalized spacial score (nSPS) is 9.67. The molecule has 0 aromatic carbocycles. The van der Waals surface area contributed by atoms with Crippen LogP contribution >= 0.6 is 0 Å². The van der Waals surface area contributed by atoms with Gasteiger partial charge in [0.25, 0.3) is 0 Å². The molecule has 1 aromatic heterocycles. The molecule has 0 atom stereocenters. The lowest BCUT2D eigenvalue weighted by Gasteiger charge is -2.11. The molecule has 0 bridgehead atoms. The Bertz CT molecular complexity index is 480. The molecular weight excluding hydrogens is 232 g/mol. The molecule has 18 heavy (non-hydrogen) atoms. The summed E-state index contributed by atoms with van der Waals surface area (Å²) in [7, 11) is 1.30. The van der Waals surface area contributed by atoms with Crippen LogP contribution in [0.3, 0.4) is 0 Å². The van der Waals surface area contributed by atoms with E-state index in [1.54, 1.807) is 0 Å². The van der Waals surface area contributed by atoms with Crippen LogP contribution in [0.25, 0.3) is 0 Å². The molecule has 0 aliphatic carbocycles. The lowest BCUT2D eigenvalue weighted by molar-refractivity contribution is -0.138. The Kier molecular flexibility index (Phi) is 5.06. The van der Waals surface area contributed by atoms with Gasteiger partial charge in [-0.2, -0.15) is 10.4 Å². The van der Waals surface area contributed by atoms with Gasteiger partial charge in [-0.05, 0) is 18.4 Å². The zero-order chi connectivity index (χ0) is 13.5. The first-order valence-corrected chi connectivity index (χ1v) is 5.77. The molecule has 1 rings (SSSR count). The van der Waals surface area contributed by atoms with Crippen LogP contribution in [0.1, 0.15) is 30.7 Å². The van der Waals surface area contributed by atoms with Crippen molar-refractivity contribution in [2.45, 2.75) is 26.7 Å². The van der Waals surface area contributed by atoms with Crippen LogP contribution in [0.2, 0.25) is 0 Å². The van der Waals surface area contributed by atoms with Gasteiger partial charge in [-0.15, -0.1) is 5.10 Å². The minimum Gasteiger partial charge on any atom is -0.468 e. The highest BCUT2D eigenvalue weighted by molar-refractivity contribution is 5.75. The third kappa shape index (κ3) is 2.94. The quantitative estimate of drug-likeness (QED) is 0.784. The Balaban J connectivity index is 3.06.